The Bertz CT molecular complexity index is 862. The van der Waals surface area contributed by atoms with E-state index in [1.54, 1.807) is 13.8 Å². The molecule has 3 rings (SSSR count). The van der Waals surface area contributed by atoms with Gasteiger partial charge in [0.1, 0.15) is 6.54 Å². The second kappa shape index (κ2) is 6.65. The average molecular weight is 369 g/mol. The zero-order chi connectivity index (χ0) is 18.9. The van der Waals surface area contributed by atoms with Crippen LogP contribution in [0, 0.1) is 0 Å². The molecule has 0 unspecified atom stereocenters. The predicted octanol–water partition coefficient (Wildman–Crippen LogP) is 3.25. The Morgan fingerprint density at radius 1 is 1.35 bits per heavy atom. The minimum atomic E-state index is -4.50. The third-order valence-electron chi connectivity index (χ3n) is 3.65. The summed E-state index contributed by atoms with van der Waals surface area (Å²) in [4.78, 5) is 13.0. The SMILES string of the molecule is CCOC(=O)OC1=C(C)N(c2cccc(C(F)(F)F)c2)c2nnnn2C1. The molecular formula is C15H14F3N5O3. The van der Waals surface area contributed by atoms with E-state index >= 15 is 0 Å². The topological polar surface area (TPSA) is 82.4 Å². The van der Waals surface area contributed by atoms with E-state index in [1.807, 2.05) is 0 Å². The van der Waals surface area contributed by atoms with Gasteiger partial charge in [0.15, 0.2) is 5.76 Å². The molecule has 0 spiro atoms. The molecule has 0 N–H and O–H groups in total. The highest BCUT2D eigenvalue weighted by Crippen LogP contribution is 2.37. The van der Waals surface area contributed by atoms with Crippen molar-refractivity contribution in [2.45, 2.75) is 26.6 Å². The molecule has 1 aliphatic rings. The molecule has 0 atom stereocenters. The molecule has 26 heavy (non-hydrogen) atoms. The summed E-state index contributed by atoms with van der Waals surface area (Å²) >= 11 is 0. The summed E-state index contributed by atoms with van der Waals surface area (Å²) in [6.45, 7) is 3.38. The van der Waals surface area contributed by atoms with E-state index in [0.717, 1.165) is 12.1 Å². The molecule has 138 valence electrons. The van der Waals surface area contributed by atoms with Crippen LogP contribution in [0.25, 0.3) is 0 Å². The lowest BCUT2D eigenvalue weighted by atomic mass is 10.1. The molecule has 8 nitrogen and oxygen atoms in total. The van der Waals surface area contributed by atoms with Gasteiger partial charge in [-0.3, -0.25) is 4.90 Å². The summed E-state index contributed by atoms with van der Waals surface area (Å²) in [5.74, 6) is 0.374. The number of rotatable bonds is 3. The summed E-state index contributed by atoms with van der Waals surface area (Å²) in [5, 5.41) is 11.2. The van der Waals surface area contributed by atoms with Gasteiger partial charge in [0.05, 0.1) is 17.9 Å². The van der Waals surface area contributed by atoms with Crippen LogP contribution < -0.4 is 4.90 Å². The number of carbonyl (C=O) groups excluding carboxylic acids is 1. The molecule has 0 saturated carbocycles. The second-order valence-electron chi connectivity index (χ2n) is 5.31. The van der Waals surface area contributed by atoms with E-state index in [4.69, 9.17) is 9.47 Å². The van der Waals surface area contributed by atoms with E-state index in [0.29, 0.717) is 5.70 Å². The van der Waals surface area contributed by atoms with Crippen LogP contribution in [0.2, 0.25) is 0 Å². The molecule has 0 fully saturated rings. The van der Waals surface area contributed by atoms with Crippen molar-refractivity contribution < 1.29 is 27.4 Å². The summed E-state index contributed by atoms with van der Waals surface area (Å²) < 4.78 is 50.3. The molecule has 0 radical (unpaired) electrons. The number of tetrazole rings is 1. The number of allylic oxidation sites excluding steroid dienone is 2. The Morgan fingerprint density at radius 3 is 2.81 bits per heavy atom. The summed E-state index contributed by atoms with van der Waals surface area (Å²) in [6, 6.07) is 4.69. The van der Waals surface area contributed by atoms with Crippen molar-refractivity contribution in [3.8, 4) is 0 Å². The molecule has 1 aliphatic heterocycles. The molecular weight excluding hydrogens is 355 g/mol. The molecule has 1 aromatic heterocycles. The molecule has 0 bridgehead atoms. The highest BCUT2D eigenvalue weighted by atomic mass is 19.4. The van der Waals surface area contributed by atoms with Crippen LogP contribution in [0.3, 0.4) is 0 Å². The molecule has 0 aliphatic carbocycles. The van der Waals surface area contributed by atoms with Crippen molar-refractivity contribution in [2.24, 2.45) is 0 Å². The summed E-state index contributed by atoms with van der Waals surface area (Å²) in [5.41, 5.74) is -0.266. The molecule has 0 amide bonds. The third-order valence-corrected chi connectivity index (χ3v) is 3.65. The van der Waals surface area contributed by atoms with Crippen molar-refractivity contribution in [1.29, 1.82) is 0 Å². The van der Waals surface area contributed by atoms with Crippen LogP contribution in [-0.4, -0.2) is 33.0 Å². The molecule has 1 aromatic carbocycles. The first-order chi connectivity index (χ1) is 12.3. The van der Waals surface area contributed by atoms with Crippen LogP contribution in [-0.2, 0) is 22.2 Å². The number of halogens is 3. The largest absolute Gasteiger partial charge is 0.513 e. The Labute approximate surface area is 145 Å². The van der Waals surface area contributed by atoms with Gasteiger partial charge in [0, 0.05) is 5.69 Å². The minimum absolute atomic E-state index is 0.0441. The van der Waals surface area contributed by atoms with Crippen molar-refractivity contribution in [2.75, 3.05) is 11.5 Å². The van der Waals surface area contributed by atoms with E-state index in [9.17, 15) is 18.0 Å². The number of benzene rings is 1. The van der Waals surface area contributed by atoms with Gasteiger partial charge in [0.2, 0.25) is 0 Å². The smallest absolute Gasteiger partial charge is 0.434 e. The first kappa shape index (κ1) is 17.7. The number of aromatic nitrogens is 4. The number of hydrogen-bond acceptors (Lipinski definition) is 7. The zero-order valence-corrected chi connectivity index (χ0v) is 13.8. The summed E-state index contributed by atoms with van der Waals surface area (Å²) in [7, 11) is 0. The lowest BCUT2D eigenvalue weighted by molar-refractivity contribution is -0.137. The Hall–Kier alpha value is -3.11. The Morgan fingerprint density at radius 2 is 2.12 bits per heavy atom. The van der Waals surface area contributed by atoms with Gasteiger partial charge in [-0.25, -0.2) is 9.48 Å². The maximum atomic E-state index is 13.0. The Kier molecular flexibility index (Phi) is 4.53. The fourth-order valence-corrected chi connectivity index (χ4v) is 2.47. The normalized spacial score (nSPS) is 14.3. The van der Waals surface area contributed by atoms with Crippen molar-refractivity contribution in [1.82, 2.24) is 20.2 Å². The van der Waals surface area contributed by atoms with E-state index in [-0.39, 0.29) is 30.5 Å². The molecule has 11 heteroatoms. The molecule has 2 aromatic rings. The van der Waals surface area contributed by atoms with E-state index < -0.39 is 17.9 Å². The average Bonchev–Trinajstić information content (AvgIpc) is 3.03. The van der Waals surface area contributed by atoms with E-state index in [2.05, 4.69) is 15.5 Å². The minimum Gasteiger partial charge on any atom is -0.434 e. The monoisotopic (exact) mass is 369 g/mol. The van der Waals surface area contributed by atoms with Crippen LogP contribution in [0.5, 0.6) is 0 Å². The Balaban J connectivity index is 2.04. The lowest BCUT2D eigenvalue weighted by Crippen LogP contribution is -2.29. The summed E-state index contributed by atoms with van der Waals surface area (Å²) in [6.07, 6.45) is -5.41. The second-order valence-corrected chi connectivity index (χ2v) is 5.31. The maximum Gasteiger partial charge on any atom is 0.513 e. The fraction of sp³-hybridized carbons (Fsp3) is 0.333. The third kappa shape index (κ3) is 3.32. The molecule has 2 heterocycles. The standard InChI is InChI=1S/C15H14F3N5O3/c1-3-25-14(24)26-12-8-22-13(19-20-21-22)23(9(12)2)11-6-4-5-10(7-11)15(16,17)18/h4-7H,3,8H2,1-2H3. The van der Waals surface area contributed by atoms with Gasteiger partial charge in [0.25, 0.3) is 5.95 Å². The van der Waals surface area contributed by atoms with Crippen LogP contribution in [0.4, 0.5) is 29.6 Å². The van der Waals surface area contributed by atoms with Gasteiger partial charge in [-0.1, -0.05) is 11.2 Å². The fourth-order valence-electron chi connectivity index (χ4n) is 2.47. The zero-order valence-electron chi connectivity index (χ0n) is 13.8. The van der Waals surface area contributed by atoms with E-state index in [1.165, 1.54) is 21.7 Å². The van der Waals surface area contributed by atoms with Crippen LogP contribution in [0.15, 0.2) is 35.7 Å². The van der Waals surface area contributed by atoms with Crippen molar-refractivity contribution in [3.05, 3.63) is 41.3 Å². The van der Waals surface area contributed by atoms with Gasteiger partial charge >= 0.3 is 12.3 Å². The van der Waals surface area contributed by atoms with Crippen LogP contribution in [0.1, 0.15) is 19.4 Å². The van der Waals surface area contributed by atoms with Gasteiger partial charge in [-0.2, -0.15) is 13.2 Å². The van der Waals surface area contributed by atoms with Gasteiger partial charge in [-0.15, -0.1) is 0 Å². The highest BCUT2D eigenvalue weighted by molar-refractivity contribution is 5.67. The highest BCUT2D eigenvalue weighted by Gasteiger charge is 2.33. The first-order valence-corrected chi connectivity index (χ1v) is 7.59. The van der Waals surface area contributed by atoms with Crippen molar-refractivity contribution >= 4 is 17.8 Å². The number of anilines is 2. The quantitative estimate of drug-likeness (QED) is 0.768. The van der Waals surface area contributed by atoms with Gasteiger partial charge in [-0.05, 0) is 42.5 Å². The number of fused-ring (bicyclic) bond motifs is 1. The van der Waals surface area contributed by atoms with Crippen LogP contribution >= 0.6 is 0 Å². The van der Waals surface area contributed by atoms with Gasteiger partial charge < -0.3 is 9.47 Å². The lowest BCUT2D eigenvalue weighted by Gasteiger charge is -2.29. The number of hydrogen-bond donors (Lipinski definition) is 0. The number of alkyl halides is 3. The number of ether oxygens (including phenoxy) is 2. The molecule has 0 saturated heterocycles. The number of carbonyl (C=O) groups is 1. The van der Waals surface area contributed by atoms with Crippen molar-refractivity contribution in [3.63, 3.8) is 0 Å². The number of nitrogens with zero attached hydrogens (tertiary/aromatic N) is 5. The maximum absolute atomic E-state index is 13.0. The predicted molar refractivity (Wildman–Crippen MR) is 82.2 cm³/mol. The first-order valence-electron chi connectivity index (χ1n) is 7.59.